The molecule has 1 fully saturated rings. The molecule has 4 nitrogen and oxygen atoms in total. The second kappa shape index (κ2) is 7.57. The van der Waals surface area contributed by atoms with Crippen molar-refractivity contribution in [3.8, 4) is 0 Å². The van der Waals surface area contributed by atoms with Crippen LogP contribution in [0.15, 0.2) is 42.5 Å². The second-order valence-corrected chi connectivity index (χ2v) is 6.36. The van der Waals surface area contributed by atoms with Gasteiger partial charge in [0.2, 0.25) is 5.91 Å². The van der Waals surface area contributed by atoms with Gasteiger partial charge in [0.25, 0.3) is 0 Å². The molecule has 0 aliphatic carbocycles. The maximum Gasteiger partial charge on any atom is 0.220 e. The van der Waals surface area contributed by atoms with Crippen LogP contribution < -0.4 is 16.4 Å². The van der Waals surface area contributed by atoms with Gasteiger partial charge < -0.3 is 16.4 Å². The van der Waals surface area contributed by atoms with Crippen molar-refractivity contribution in [2.45, 2.75) is 25.3 Å². The molecule has 1 aliphatic heterocycles. The molecule has 1 aliphatic rings. The van der Waals surface area contributed by atoms with E-state index < -0.39 is 0 Å². The maximum atomic E-state index is 12.2. The molecule has 0 aromatic heterocycles. The zero-order valence-corrected chi connectivity index (χ0v) is 13.4. The Morgan fingerprint density at radius 1 is 1.26 bits per heavy atom. The monoisotopic (exact) mass is 311 g/mol. The fourth-order valence-corrected chi connectivity index (χ4v) is 3.27. The summed E-state index contributed by atoms with van der Waals surface area (Å²) in [4.78, 5) is 12.2. The average molecular weight is 311 g/mol. The molecule has 3 rings (SSSR count). The highest BCUT2D eigenvalue weighted by Crippen LogP contribution is 2.20. The molecule has 1 amide bonds. The van der Waals surface area contributed by atoms with Crippen molar-refractivity contribution in [1.29, 1.82) is 0 Å². The van der Waals surface area contributed by atoms with Gasteiger partial charge in [0, 0.05) is 13.0 Å². The van der Waals surface area contributed by atoms with Crippen LogP contribution in [-0.2, 0) is 4.79 Å². The molecular weight excluding hydrogens is 286 g/mol. The van der Waals surface area contributed by atoms with Gasteiger partial charge in [-0.15, -0.1) is 0 Å². The number of amides is 1. The molecule has 2 atom stereocenters. The third-order valence-corrected chi connectivity index (χ3v) is 4.69. The first-order chi connectivity index (χ1) is 11.3. The summed E-state index contributed by atoms with van der Waals surface area (Å²) in [6.45, 7) is 2.53. The number of carbonyl (C=O) groups is 1. The van der Waals surface area contributed by atoms with Crippen molar-refractivity contribution >= 4 is 16.7 Å². The van der Waals surface area contributed by atoms with Crippen molar-refractivity contribution in [1.82, 2.24) is 10.6 Å². The van der Waals surface area contributed by atoms with Gasteiger partial charge in [0.15, 0.2) is 0 Å². The van der Waals surface area contributed by atoms with E-state index in [-0.39, 0.29) is 11.9 Å². The summed E-state index contributed by atoms with van der Waals surface area (Å²) in [5, 5.41) is 8.80. The minimum Gasteiger partial charge on any atom is -0.348 e. The first kappa shape index (κ1) is 16.0. The molecule has 2 unspecified atom stereocenters. The molecule has 1 heterocycles. The Morgan fingerprint density at radius 3 is 2.83 bits per heavy atom. The van der Waals surface area contributed by atoms with E-state index >= 15 is 0 Å². The lowest BCUT2D eigenvalue weighted by atomic mass is 10.0. The highest BCUT2D eigenvalue weighted by atomic mass is 16.1. The predicted octanol–water partition coefficient (Wildman–Crippen LogP) is 2.35. The van der Waals surface area contributed by atoms with E-state index in [4.69, 9.17) is 5.73 Å². The Hall–Kier alpha value is -1.91. The average Bonchev–Trinajstić information content (AvgIpc) is 3.11. The molecule has 0 bridgehead atoms. The van der Waals surface area contributed by atoms with Crippen molar-refractivity contribution in [3.63, 3.8) is 0 Å². The number of fused-ring (bicyclic) bond motifs is 1. The zero-order valence-electron chi connectivity index (χ0n) is 13.4. The highest BCUT2D eigenvalue weighted by molar-refractivity contribution is 5.83. The number of hydrogen-bond donors (Lipinski definition) is 3. The Labute approximate surface area is 137 Å². The predicted molar refractivity (Wildman–Crippen MR) is 94.1 cm³/mol. The number of rotatable bonds is 6. The molecule has 4 N–H and O–H groups in total. The molecular formula is C19H25N3O. The van der Waals surface area contributed by atoms with Crippen molar-refractivity contribution in [2.75, 3.05) is 19.6 Å². The molecule has 0 saturated carbocycles. The van der Waals surface area contributed by atoms with Crippen LogP contribution in [0.4, 0.5) is 0 Å². The smallest absolute Gasteiger partial charge is 0.220 e. The quantitative estimate of drug-likeness (QED) is 0.767. The summed E-state index contributed by atoms with van der Waals surface area (Å²) >= 11 is 0. The topological polar surface area (TPSA) is 67.1 Å². The standard InChI is InChI=1S/C19H25N3O/c20-12-18(22-19(23)8-5-14-9-10-21-13-14)17-7-6-15-3-1-2-4-16(15)11-17/h1-4,6-7,11,14,18,21H,5,8-10,12-13,20H2,(H,22,23). The van der Waals surface area contributed by atoms with Crippen LogP contribution in [-0.4, -0.2) is 25.5 Å². The van der Waals surface area contributed by atoms with Crippen molar-refractivity contribution in [2.24, 2.45) is 11.7 Å². The fourth-order valence-electron chi connectivity index (χ4n) is 3.27. The van der Waals surface area contributed by atoms with Gasteiger partial charge in [-0.1, -0.05) is 36.4 Å². The Bertz CT molecular complexity index is 664. The summed E-state index contributed by atoms with van der Waals surface area (Å²) in [6, 6.07) is 14.4. The SMILES string of the molecule is NCC(NC(=O)CCC1CCNC1)c1ccc2ccccc2c1. The maximum absolute atomic E-state index is 12.2. The Balaban J connectivity index is 1.62. The van der Waals surface area contributed by atoms with Crippen LogP contribution in [0.25, 0.3) is 10.8 Å². The summed E-state index contributed by atoms with van der Waals surface area (Å²) in [5.74, 6) is 0.734. The number of carbonyl (C=O) groups excluding carboxylic acids is 1. The molecule has 0 radical (unpaired) electrons. The Kier molecular flexibility index (Phi) is 5.26. The fraction of sp³-hybridized carbons (Fsp3) is 0.421. The minimum atomic E-state index is -0.117. The van der Waals surface area contributed by atoms with Crippen LogP contribution in [0.1, 0.15) is 30.9 Å². The molecule has 4 heteroatoms. The van der Waals surface area contributed by atoms with E-state index in [1.54, 1.807) is 0 Å². The Morgan fingerprint density at radius 2 is 2.09 bits per heavy atom. The van der Waals surface area contributed by atoms with E-state index in [1.807, 2.05) is 12.1 Å². The lowest BCUT2D eigenvalue weighted by Crippen LogP contribution is -2.33. The molecule has 122 valence electrons. The van der Waals surface area contributed by atoms with Crippen LogP contribution in [0, 0.1) is 5.92 Å². The number of nitrogens with two attached hydrogens (primary N) is 1. The van der Waals surface area contributed by atoms with Crippen molar-refractivity contribution < 1.29 is 4.79 Å². The normalized spacial score (nSPS) is 18.9. The number of nitrogens with one attached hydrogen (secondary N) is 2. The summed E-state index contributed by atoms with van der Waals surface area (Å²) in [7, 11) is 0. The summed E-state index contributed by atoms with van der Waals surface area (Å²) in [6.07, 6.45) is 2.71. The van der Waals surface area contributed by atoms with E-state index in [9.17, 15) is 4.79 Å². The van der Waals surface area contributed by atoms with E-state index in [0.29, 0.717) is 18.9 Å². The van der Waals surface area contributed by atoms with E-state index in [0.717, 1.165) is 25.1 Å². The van der Waals surface area contributed by atoms with Crippen LogP contribution >= 0.6 is 0 Å². The number of hydrogen-bond acceptors (Lipinski definition) is 3. The van der Waals surface area contributed by atoms with Crippen LogP contribution in [0.2, 0.25) is 0 Å². The van der Waals surface area contributed by atoms with Gasteiger partial charge >= 0.3 is 0 Å². The molecule has 23 heavy (non-hydrogen) atoms. The lowest BCUT2D eigenvalue weighted by molar-refractivity contribution is -0.122. The second-order valence-electron chi connectivity index (χ2n) is 6.36. The van der Waals surface area contributed by atoms with Crippen LogP contribution in [0.3, 0.4) is 0 Å². The van der Waals surface area contributed by atoms with Gasteiger partial charge in [-0.25, -0.2) is 0 Å². The molecule has 2 aromatic carbocycles. The highest BCUT2D eigenvalue weighted by Gasteiger charge is 2.18. The zero-order chi connectivity index (χ0) is 16.1. The van der Waals surface area contributed by atoms with E-state index in [1.165, 1.54) is 17.2 Å². The largest absolute Gasteiger partial charge is 0.348 e. The van der Waals surface area contributed by atoms with Gasteiger partial charge in [0.05, 0.1) is 6.04 Å². The first-order valence-corrected chi connectivity index (χ1v) is 8.45. The van der Waals surface area contributed by atoms with Gasteiger partial charge in [-0.3, -0.25) is 4.79 Å². The molecule has 0 spiro atoms. The lowest BCUT2D eigenvalue weighted by Gasteiger charge is -2.18. The minimum absolute atomic E-state index is 0.0977. The molecule has 2 aromatic rings. The van der Waals surface area contributed by atoms with E-state index in [2.05, 4.69) is 41.0 Å². The van der Waals surface area contributed by atoms with Gasteiger partial charge in [0.1, 0.15) is 0 Å². The summed E-state index contributed by atoms with van der Waals surface area (Å²) < 4.78 is 0. The van der Waals surface area contributed by atoms with Crippen molar-refractivity contribution in [3.05, 3.63) is 48.0 Å². The van der Waals surface area contributed by atoms with Crippen LogP contribution in [0.5, 0.6) is 0 Å². The van der Waals surface area contributed by atoms with Gasteiger partial charge in [-0.2, -0.15) is 0 Å². The molecule has 1 saturated heterocycles. The number of benzene rings is 2. The first-order valence-electron chi connectivity index (χ1n) is 8.45. The third kappa shape index (κ3) is 4.09. The third-order valence-electron chi connectivity index (χ3n) is 4.69. The van der Waals surface area contributed by atoms with Gasteiger partial charge in [-0.05, 0) is 54.3 Å². The summed E-state index contributed by atoms with van der Waals surface area (Å²) in [5.41, 5.74) is 6.96.